The van der Waals surface area contributed by atoms with E-state index in [0.717, 1.165) is 5.56 Å². The number of methoxy groups -OCH3 is 3. The lowest BCUT2D eigenvalue weighted by atomic mass is 9.51. The van der Waals surface area contributed by atoms with Crippen LogP contribution in [0.1, 0.15) is 5.56 Å². The summed E-state index contributed by atoms with van der Waals surface area (Å²) in [5.74, 6) is -2.67. The maximum absolute atomic E-state index is 13.1. The molecule has 6 unspecified atom stereocenters. The smallest absolute Gasteiger partial charge is 0.324 e. The molecule has 1 aromatic rings. The number of benzene rings is 1. The van der Waals surface area contributed by atoms with E-state index in [2.05, 4.69) is 6.08 Å². The van der Waals surface area contributed by atoms with Gasteiger partial charge in [0.05, 0.1) is 27.2 Å². The molecule has 2 bridgehead atoms. The SMILES string of the molecule is COC(=O)C1C2C3C=CC(C12)C(C(=O)OC)(C(=O)OC)C3Cc1ccccc1. The van der Waals surface area contributed by atoms with Gasteiger partial charge in [0, 0.05) is 5.92 Å². The van der Waals surface area contributed by atoms with Crippen molar-refractivity contribution < 1.29 is 28.6 Å². The van der Waals surface area contributed by atoms with Gasteiger partial charge in [-0.2, -0.15) is 0 Å². The molecule has 0 aliphatic heterocycles. The third kappa shape index (κ3) is 2.36. The quantitative estimate of drug-likeness (QED) is 0.335. The van der Waals surface area contributed by atoms with E-state index in [1.807, 2.05) is 36.4 Å². The number of allylic oxidation sites excluding steroid dienone is 2. The summed E-state index contributed by atoms with van der Waals surface area (Å²) in [5.41, 5.74) is -0.430. The zero-order valence-electron chi connectivity index (χ0n) is 16.2. The molecule has 0 saturated heterocycles. The Labute approximate surface area is 163 Å². The lowest BCUT2D eigenvalue weighted by molar-refractivity contribution is -0.184. The Balaban J connectivity index is 1.83. The molecular weight excluding hydrogens is 360 g/mol. The molecule has 5 rings (SSSR count). The Hall–Kier alpha value is -2.63. The lowest BCUT2D eigenvalue weighted by Crippen LogP contribution is -2.59. The number of rotatable bonds is 5. The van der Waals surface area contributed by atoms with Gasteiger partial charge < -0.3 is 14.2 Å². The maximum atomic E-state index is 13.1. The average Bonchev–Trinajstić information content (AvgIpc) is 3.50. The van der Waals surface area contributed by atoms with E-state index < -0.39 is 23.3 Å². The summed E-state index contributed by atoms with van der Waals surface area (Å²) in [6.07, 6.45) is 4.49. The van der Waals surface area contributed by atoms with Gasteiger partial charge in [-0.1, -0.05) is 42.5 Å². The van der Waals surface area contributed by atoms with Crippen molar-refractivity contribution in [3.8, 4) is 0 Å². The molecule has 2 saturated carbocycles. The number of carbonyl (C=O) groups excluding carboxylic acids is 3. The lowest BCUT2D eigenvalue weighted by Gasteiger charge is -2.50. The minimum absolute atomic E-state index is 0.0820. The zero-order valence-corrected chi connectivity index (χ0v) is 16.2. The summed E-state index contributed by atoms with van der Waals surface area (Å²) in [5, 5.41) is 0. The highest BCUT2D eigenvalue weighted by atomic mass is 16.5. The molecule has 28 heavy (non-hydrogen) atoms. The van der Waals surface area contributed by atoms with E-state index in [0.29, 0.717) is 6.42 Å². The van der Waals surface area contributed by atoms with Crippen molar-refractivity contribution in [1.29, 1.82) is 0 Å². The number of ether oxygens (including phenoxy) is 3. The van der Waals surface area contributed by atoms with Crippen LogP contribution in [0, 0.1) is 40.9 Å². The largest absolute Gasteiger partial charge is 0.469 e. The fourth-order valence-electron chi connectivity index (χ4n) is 5.84. The van der Waals surface area contributed by atoms with Crippen molar-refractivity contribution in [1.82, 2.24) is 0 Å². The third-order valence-electron chi connectivity index (χ3n) is 6.93. The second-order valence-corrected chi connectivity index (χ2v) is 7.84. The van der Waals surface area contributed by atoms with Crippen LogP contribution in [0.4, 0.5) is 0 Å². The molecule has 0 heterocycles. The molecule has 0 amide bonds. The van der Waals surface area contributed by atoms with Crippen LogP contribution in [-0.2, 0) is 35.0 Å². The Bertz CT molecular complexity index is 813. The summed E-state index contributed by atoms with van der Waals surface area (Å²) in [7, 11) is 3.96. The van der Waals surface area contributed by atoms with Crippen LogP contribution >= 0.6 is 0 Å². The Morgan fingerprint density at radius 1 is 0.893 bits per heavy atom. The van der Waals surface area contributed by atoms with Gasteiger partial charge in [0.1, 0.15) is 0 Å². The molecule has 6 nitrogen and oxygen atoms in total. The molecule has 6 atom stereocenters. The van der Waals surface area contributed by atoms with Crippen molar-refractivity contribution in [2.75, 3.05) is 21.3 Å². The van der Waals surface area contributed by atoms with E-state index in [4.69, 9.17) is 14.2 Å². The second kappa shape index (κ2) is 6.76. The summed E-state index contributed by atoms with van der Waals surface area (Å²) in [6.45, 7) is 0. The first kappa shape index (κ1) is 18.7. The predicted octanol–water partition coefficient (Wildman–Crippen LogP) is 2.03. The molecule has 1 aromatic carbocycles. The number of fused-ring (bicyclic) bond motifs is 1. The normalized spacial score (nSPS) is 33.5. The van der Waals surface area contributed by atoms with Crippen LogP contribution < -0.4 is 0 Å². The highest BCUT2D eigenvalue weighted by Crippen LogP contribution is 2.71. The van der Waals surface area contributed by atoms with Crippen molar-refractivity contribution >= 4 is 17.9 Å². The van der Waals surface area contributed by atoms with Gasteiger partial charge in [-0.05, 0) is 35.7 Å². The summed E-state index contributed by atoms with van der Waals surface area (Å²) < 4.78 is 15.3. The van der Waals surface area contributed by atoms with Crippen LogP contribution in [0.5, 0.6) is 0 Å². The summed E-state index contributed by atoms with van der Waals surface area (Å²) in [4.78, 5) is 38.6. The Morgan fingerprint density at radius 2 is 1.54 bits per heavy atom. The van der Waals surface area contributed by atoms with Crippen molar-refractivity contribution in [2.45, 2.75) is 6.42 Å². The number of hydrogen-bond donors (Lipinski definition) is 0. The van der Waals surface area contributed by atoms with Gasteiger partial charge in [-0.3, -0.25) is 14.4 Å². The first-order valence-electron chi connectivity index (χ1n) is 9.49. The predicted molar refractivity (Wildman–Crippen MR) is 98.7 cm³/mol. The van der Waals surface area contributed by atoms with Gasteiger partial charge in [0.25, 0.3) is 0 Å². The molecule has 0 N–H and O–H groups in total. The van der Waals surface area contributed by atoms with Crippen molar-refractivity contribution in [3.05, 3.63) is 48.0 Å². The van der Waals surface area contributed by atoms with Gasteiger partial charge in [-0.25, -0.2) is 0 Å². The maximum Gasteiger partial charge on any atom is 0.324 e. The van der Waals surface area contributed by atoms with Crippen molar-refractivity contribution in [2.24, 2.45) is 40.9 Å². The van der Waals surface area contributed by atoms with E-state index in [-0.39, 0.29) is 35.6 Å². The minimum atomic E-state index is -1.46. The van der Waals surface area contributed by atoms with Gasteiger partial charge in [0.2, 0.25) is 0 Å². The van der Waals surface area contributed by atoms with Crippen LogP contribution in [-0.4, -0.2) is 39.2 Å². The first-order chi connectivity index (χ1) is 13.5. The van der Waals surface area contributed by atoms with E-state index in [9.17, 15) is 14.4 Å². The average molecular weight is 384 g/mol. The molecule has 0 radical (unpaired) electrons. The highest BCUT2D eigenvalue weighted by molar-refractivity contribution is 6.02. The second-order valence-electron chi connectivity index (χ2n) is 7.84. The molecule has 2 fully saturated rings. The van der Waals surface area contributed by atoms with E-state index in [1.165, 1.54) is 21.3 Å². The highest BCUT2D eigenvalue weighted by Gasteiger charge is 2.77. The van der Waals surface area contributed by atoms with Crippen LogP contribution in [0.3, 0.4) is 0 Å². The van der Waals surface area contributed by atoms with Crippen molar-refractivity contribution in [3.63, 3.8) is 0 Å². The summed E-state index contributed by atoms with van der Waals surface area (Å²) in [6, 6.07) is 9.75. The molecule has 4 aliphatic rings. The molecule has 0 aromatic heterocycles. The van der Waals surface area contributed by atoms with Gasteiger partial charge in [-0.15, -0.1) is 0 Å². The summed E-state index contributed by atoms with van der Waals surface area (Å²) >= 11 is 0. The zero-order chi connectivity index (χ0) is 20.1. The third-order valence-corrected chi connectivity index (χ3v) is 6.93. The molecule has 148 valence electrons. The molecule has 4 aliphatic carbocycles. The Morgan fingerprint density at radius 3 is 2.11 bits per heavy atom. The molecular formula is C22H24O6. The van der Waals surface area contributed by atoms with Gasteiger partial charge >= 0.3 is 17.9 Å². The molecule has 6 heteroatoms. The minimum Gasteiger partial charge on any atom is -0.469 e. The number of esters is 3. The van der Waals surface area contributed by atoms with E-state index >= 15 is 0 Å². The Kier molecular flexibility index (Phi) is 4.52. The number of hydrogen-bond acceptors (Lipinski definition) is 6. The van der Waals surface area contributed by atoms with E-state index in [1.54, 1.807) is 0 Å². The fourth-order valence-corrected chi connectivity index (χ4v) is 5.84. The number of carbonyl (C=O) groups is 3. The van der Waals surface area contributed by atoms with Gasteiger partial charge in [0.15, 0.2) is 5.41 Å². The van der Waals surface area contributed by atoms with Crippen LogP contribution in [0.15, 0.2) is 42.5 Å². The van der Waals surface area contributed by atoms with Crippen LogP contribution in [0.2, 0.25) is 0 Å². The first-order valence-corrected chi connectivity index (χ1v) is 9.49. The molecule has 0 spiro atoms. The van der Waals surface area contributed by atoms with Crippen LogP contribution in [0.25, 0.3) is 0 Å². The topological polar surface area (TPSA) is 78.9 Å². The fraction of sp³-hybridized carbons (Fsp3) is 0.500. The monoisotopic (exact) mass is 384 g/mol. The standard InChI is InChI=1S/C22H24O6/c1-26-19(23)18-16-13-9-10-14(17(16)18)22(20(24)27-2,21(25)28-3)15(13)11-12-7-5-4-6-8-12/h4-10,13-18H,11H2,1-3H3.